The summed E-state index contributed by atoms with van der Waals surface area (Å²) in [5.74, 6) is -0.386. The molecule has 1 fully saturated rings. The maximum Gasteiger partial charge on any atom is 0.417 e. The van der Waals surface area contributed by atoms with Crippen LogP contribution in [0.3, 0.4) is 0 Å². The molecule has 2 N–H and O–H groups in total. The molecule has 0 aliphatic carbocycles. The molecule has 2 rings (SSSR count). The molecule has 1 atom stereocenters. The zero-order chi connectivity index (χ0) is 12.4. The van der Waals surface area contributed by atoms with E-state index in [2.05, 4.69) is 0 Å². The van der Waals surface area contributed by atoms with Crippen molar-refractivity contribution >= 4 is 23.6 Å². The van der Waals surface area contributed by atoms with Crippen molar-refractivity contribution in [3.05, 3.63) is 34.9 Å². The van der Waals surface area contributed by atoms with Crippen LogP contribution in [0.1, 0.15) is 11.7 Å². The van der Waals surface area contributed by atoms with Crippen LogP contribution in [-0.4, -0.2) is 30.0 Å². The monoisotopic (exact) mass is 254 g/mol. The molecule has 0 spiro atoms. The predicted octanol–water partition coefficient (Wildman–Crippen LogP) is 1.32. The van der Waals surface area contributed by atoms with Gasteiger partial charge in [0, 0.05) is 23.7 Å². The summed E-state index contributed by atoms with van der Waals surface area (Å²) in [4.78, 5) is 24.3. The second kappa shape index (κ2) is 4.73. The third kappa shape index (κ3) is 2.25. The van der Waals surface area contributed by atoms with Gasteiger partial charge in [-0.2, -0.15) is 0 Å². The van der Waals surface area contributed by atoms with E-state index in [4.69, 9.17) is 22.1 Å². The number of carbonyl (C=O) groups excluding carboxylic acids is 2. The van der Waals surface area contributed by atoms with Gasteiger partial charge in [0.1, 0.15) is 0 Å². The lowest BCUT2D eigenvalue weighted by Crippen LogP contribution is -2.34. The Morgan fingerprint density at radius 1 is 1.29 bits per heavy atom. The third-order valence-corrected chi connectivity index (χ3v) is 2.71. The first-order chi connectivity index (χ1) is 8.13. The van der Waals surface area contributed by atoms with E-state index in [1.807, 2.05) is 0 Å². The first-order valence-electron chi connectivity index (χ1n) is 5.11. The zero-order valence-corrected chi connectivity index (χ0v) is 9.68. The Hall–Kier alpha value is -1.59. The molecule has 0 radical (unpaired) electrons. The largest absolute Gasteiger partial charge is 0.431 e. The van der Waals surface area contributed by atoms with E-state index in [0.29, 0.717) is 10.6 Å². The molecule has 1 aromatic rings. The third-order valence-electron chi connectivity index (χ3n) is 2.45. The van der Waals surface area contributed by atoms with Crippen LogP contribution in [0.5, 0.6) is 0 Å². The summed E-state index contributed by atoms with van der Waals surface area (Å²) < 4.78 is 5.00. The minimum Gasteiger partial charge on any atom is -0.431 e. The number of ether oxygens (including phenoxy) is 1. The maximum atomic E-state index is 11.9. The molecule has 0 saturated carbocycles. The van der Waals surface area contributed by atoms with E-state index in [0.717, 1.165) is 4.90 Å². The molecule has 6 heteroatoms. The molecule has 1 saturated heterocycles. The molecule has 0 bridgehead atoms. The molecule has 1 heterocycles. The lowest BCUT2D eigenvalue weighted by molar-refractivity contribution is -0.129. The van der Waals surface area contributed by atoms with Crippen molar-refractivity contribution in [1.29, 1.82) is 0 Å². The molecule has 2 amide bonds. The molecular weight excluding hydrogens is 244 g/mol. The van der Waals surface area contributed by atoms with Crippen LogP contribution in [0.25, 0.3) is 0 Å². The number of hydrogen-bond acceptors (Lipinski definition) is 4. The number of rotatable bonds is 3. The Morgan fingerprint density at radius 3 is 2.53 bits per heavy atom. The minimum atomic E-state index is -0.883. The summed E-state index contributed by atoms with van der Waals surface area (Å²) in [6.45, 7) is 0.385. The first kappa shape index (κ1) is 11.9. The van der Waals surface area contributed by atoms with Crippen molar-refractivity contribution in [1.82, 2.24) is 4.90 Å². The molecule has 17 heavy (non-hydrogen) atoms. The second-order valence-electron chi connectivity index (χ2n) is 3.59. The molecule has 0 aromatic heterocycles. The van der Waals surface area contributed by atoms with Crippen LogP contribution >= 0.6 is 11.6 Å². The predicted molar refractivity (Wildman–Crippen MR) is 61.4 cm³/mol. The lowest BCUT2D eigenvalue weighted by atomic mass is 10.1. The van der Waals surface area contributed by atoms with Crippen molar-refractivity contribution in [3.63, 3.8) is 0 Å². The Labute approximate surface area is 103 Å². The van der Waals surface area contributed by atoms with Crippen LogP contribution in [0.4, 0.5) is 4.79 Å². The second-order valence-corrected chi connectivity index (χ2v) is 4.03. The van der Waals surface area contributed by atoms with Crippen LogP contribution < -0.4 is 5.73 Å². The standard InChI is InChI=1S/C11H11ClN2O3/c12-8-3-1-7(2-4-8)9-10(15)14(6-5-13)11(16)17-9/h1-4,9H,5-6,13H2/t9-/m1/s1. The van der Waals surface area contributed by atoms with Gasteiger partial charge in [-0.05, 0) is 12.1 Å². The number of carbonyl (C=O) groups is 2. The van der Waals surface area contributed by atoms with Gasteiger partial charge in [-0.25, -0.2) is 9.69 Å². The van der Waals surface area contributed by atoms with Gasteiger partial charge in [-0.15, -0.1) is 0 Å². The van der Waals surface area contributed by atoms with Crippen LogP contribution in [0.2, 0.25) is 5.02 Å². The van der Waals surface area contributed by atoms with E-state index in [9.17, 15) is 9.59 Å². The maximum absolute atomic E-state index is 11.9. The smallest absolute Gasteiger partial charge is 0.417 e. The van der Waals surface area contributed by atoms with Gasteiger partial charge in [0.05, 0.1) is 0 Å². The molecule has 5 nitrogen and oxygen atoms in total. The summed E-state index contributed by atoms with van der Waals surface area (Å²) in [5.41, 5.74) is 5.92. The molecule has 1 aliphatic heterocycles. The van der Waals surface area contributed by atoms with Crippen molar-refractivity contribution in [2.45, 2.75) is 6.10 Å². The number of benzene rings is 1. The molecule has 1 aromatic carbocycles. The van der Waals surface area contributed by atoms with Gasteiger partial charge in [0.15, 0.2) is 0 Å². The summed E-state index contributed by atoms with van der Waals surface area (Å²) in [6, 6.07) is 6.60. The lowest BCUT2D eigenvalue weighted by Gasteiger charge is -2.09. The van der Waals surface area contributed by atoms with Crippen molar-refractivity contribution in [3.8, 4) is 0 Å². The molecule has 1 aliphatic rings. The summed E-state index contributed by atoms with van der Waals surface area (Å²) >= 11 is 5.74. The van der Waals surface area contributed by atoms with Gasteiger partial charge in [-0.3, -0.25) is 4.79 Å². The number of hydrogen-bond donors (Lipinski definition) is 1. The highest BCUT2D eigenvalue weighted by atomic mass is 35.5. The number of amides is 2. The van der Waals surface area contributed by atoms with E-state index in [1.165, 1.54) is 0 Å². The Kier molecular flexibility index (Phi) is 3.31. The van der Waals surface area contributed by atoms with Gasteiger partial charge in [0.25, 0.3) is 5.91 Å². The average Bonchev–Trinajstić information content (AvgIpc) is 2.59. The highest BCUT2D eigenvalue weighted by Crippen LogP contribution is 2.27. The Bertz CT molecular complexity index is 447. The van der Waals surface area contributed by atoms with E-state index >= 15 is 0 Å². The highest BCUT2D eigenvalue weighted by Gasteiger charge is 2.40. The average molecular weight is 255 g/mol. The number of halogens is 1. The quantitative estimate of drug-likeness (QED) is 0.883. The summed E-state index contributed by atoms with van der Waals surface area (Å²) in [6.07, 6.45) is -1.54. The highest BCUT2D eigenvalue weighted by molar-refractivity contribution is 6.30. The Balaban J connectivity index is 2.21. The fraction of sp³-hybridized carbons (Fsp3) is 0.273. The molecule has 90 valence electrons. The molecular formula is C11H11ClN2O3. The van der Waals surface area contributed by atoms with Crippen molar-refractivity contribution in [2.24, 2.45) is 5.73 Å². The van der Waals surface area contributed by atoms with Crippen LogP contribution in [-0.2, 0) is 9.53 Å². The van der Waals surface area contributed by atoms with Gasteiger partial charge < -0.3 is 10.5 Å². The minimum absolute atomic E-state index is 0.168. The van der Waals surface area contributed by atoms with Gasteiger partial charge in [0.2, 0.25) is 6.10 Å². The number of nitrogens with two attached hydrogens (primary N) is 1. The number of nitrogens with zero attached hydrogens (tertiary/aromatic N) is 1. The fourth-order valence-corrected chi connectivity index (χ4v) is 1.75. The van der Waals surface area contributed by atoms with E-state index in [-0.39, 0.29) is 19.0 Å². The van der Waals surface area contributed by atoms with Gasteiger partial charge >= 0.3 is 6.09 Å². The fourth-order valence-electron chi connectivity index (χ4n) is 1.63. The summed E-state index contributed by atoms with van der Waals surface area (Å²) in [5, 5.41) is 0.560. The van der Waals surface area contributed by atoms with Crippen molar-refractivity contribution in [2.75, 3.05) is 13.1 Å². The summed E-state index contributed by atoms with van der Waals surface area (Å²) in [7, 11) is 0. The first-order valence-corrected chi connectivity index (χ1v) is 5.49. The number of imide groups is 1. The number of cyclic esters (lactones) is 1. The molecule has 0 unspecified atom stereocenters. The van der Waals surface area contributed by atoms with Gasteiger partial charge in [-0.1, -0.05) is 23.7 Å². The topological polar surface area (TPSA) is 72.6 Å². The zero-order valence-electron chi connectivity index (χ0n) is 8.93. The van der Waals surface area contributed by atoms with Crippen LogP contribution in [0, 0.1) is 0 Å². The van der Waals surface area contributed by atoms with Crippen molar-refractivity contribution < 1.29 is 14.3 Å². The normalized spacial score (nSPS) is 19.6. The van der Waals surface area contributed by atoms with E-state index in [1.54, 1.807) is 24.3 Å². The van der Waals surface area contributed by atoms with Crippen LogP contribution in [0.15, 0.2) is 24.3 Å². The van der Waals surface area contributed by atoms with E-state index < -0.39 is 12.2 Å². The Morgan fingerprint density at radius 2 is 1.94 bits per heavy atom. The SMILES string of the molecule is NCCN1C(=O)O[C@H](c2ccc(Cl)cc2)C1=O.